The molecule has 2 nitrogen and oxygen atoms in total. The summed E-state index contributed by atoms with van der Waals surface area (Å²) in [6.07, 6.45) is 5.11. The minimum absolute atomic E-state index is 0.428. The first-order valence-electron chi connectivity index (χ1n) is 5.58. The number of fused-ring (bicyclic) bond motifs is 1. The summed E-state index contributed by atoms with van der Waals surface area (Å²) in [5.74, 6) is 0. The van der Waals surface area contributed by atoms with E-state index in [-0.39, 0.29) is 0 Å². The molecule has 0 fully saturated rings. The second-order valence-corrected chi connectivity index (χ2v) is 4.07. The van der Waals surface area contributed by atoms with Crippen LogP contribution in [0.2, 0.25) is 0 Å². The van der Waals surface area contributed by atoms with Gasteiger partial charge in [-0.15, -0.1) is 0 Å². The van der Waals surface area contributed by atoms with Crippen molar-refractivity contribution in [3.05, 3.63) is 34.9 Å². The van der Waals surface area contributed by atoms with Crippen LogP contribution in [0.1, 0.15) is 29.5 Å². The molecule has 0 atom stereocenters. The van der Waals surface area contributed by atoms with Crippen LogP contribution in [0.4, 0.5) is 0 Å². The second kappa shape index (κ2) is 4.95. The molecule has 0 aliphatic heterocycles. The van der Waals surface area contributed by atoms with Gasteiger partial charge in [0.15, 0.2) is 0 Å². The van der Waals surface area contributed by atoms with Crippen molar-refractivity contribution in [1.29, 1.82) is 5.26 Å². The van der Waals surface area contributed by atoms with Crippen molar-refractivity contribution in [2.24, 2.45) is 0 Å². The standard InChI is InChI=1S/C13H16N2/c14-7-8-15-10-11-5-6-12-3-1-2-4-13(12)9-11/h5-6,9,15H,1-4,8,10H2. The van der Waals surface area contributed by atoms with Crippen molar-refractivity contribution in [2.75, 3.05) is 6.54 Å². The topological polar surface area (TPSA) is 35.8 Å². The molecule has 0 saturated carbocycles. The van der Waals surface area contributed by atoms with E-state index in [1.165, 1.54) is 42.4 Å². The Morgan fingerprint density at radius 1 is 1.20 bits per heavy atom. The molecule has 0 heterocycles. The molecule has 15 heavy (non-hydrogen) atoms. The van der Waals surface area contributed by atoms with Crippen LogP contribution in [0.15, 0.2) is 18.2 Å². The number of nitrogens with zero attached hydrogens (tertiary/aromatic N) is 1. The molecule has 78 valence electrons. The largest absolute Gasteiger partial charge is 0.300 e. The van der Waals surface area contributed by atoms with Crippen molar-refractivity contribution >= 4 is 0 Å². The Labute approximate surface area is 90.9 Å². The highest BCUT2D eigenvalue weighted by Crippen LogP contribution is 2.22. The van der Waals surface area contributed by atoms with E-state index in [4.69, 9.17) is 5.26 Å². The van der Waals surface area contributed by atoms with Crippen LogP contribution in [-0.4, -0.2) is 6.54 Å². The summed E-state index contributed by atoms with van der Waals surface area (Å²) in [6.45, 7) is 1.23. The summed E-state index contributed by atoms with van der Waals surface area (Å²) in [7, 11) is 0. The van der Waals surface area contributed by atoms with E-state index in [2.05, 4.69) is 29.6 Å². The zero-order valence-corrected chi connectivity index (χ0v) is 8.92. The maximum atomic E-state index is 8.42. The highest BCUT2D eigenvalue weighted by molar-refractivity contribution is 5.33. The second-order valence-electron chi connectivity index (χ2n) is 4.07. The average Bonchev–Trinajstić information content (AvgIpc) is 2.29. The van der Waals surface area contributed by atoms with E-state index in [0.29, 0.717) is 6.54 Å². The SMILES string of the molecule is N#CCNCc1ccc2c(c1)CCCC2. The van der Waals surface area contributed by atoms with Crippen molar-refractivity contribution in [2.45, 2.75) is 32.2 Å². The quantitative estimate of drug-likeness (QED) is 0.599. The summed E-state index contributed by atoms with van der Waals surface area (Å²) in [4.78, 5) is 0. The lowest BCUT2D eigenvalue weighted by Gasteiger charge is -2.16. The molecule has 2 rings (SSSR count). The molecular weight excluding hydrogens is 184 g/mol. The molecule has 0 radical (unpaired) electrons. The Kier molecular flexibility index (Phi) is 3.37. The molecule has 0 saturated heterocycles. The number of rotatable bonds is 3. The van der Waals surface area contributed by atoms with E-state index in [1.807, 2.05) is 0 Å². The maximum absolute atomic E-state index is 8.42. The molecule has 1 aliphatic carbocycles. The first-order valence-corrected chi connectivity index (χ1v) is 5.58. The van der Waals surface area contributed by atoms with Gasteiger partial charge in [-0.05, 0) is 42.4 Å². The van der Waals surface area contributed by atoms with Gasteiger partial charge >= 0.3 is 0 Å². The number of nitrogens with one attached hydrogen (secondary N) is 1. The Bertz CT molecular complexity index is 377. The van der Waals surface area contributed by atoms with Gasteiger partial charge in [0.25, 0.3) is 0 Å². The lowest BCUT2D eigenvalue weighted by molar-refractivity contribution is 0.681. The lowest BCUT2D eigenvalue weighted by Crippen LogP contribution is -2.13. The van der Waals surface area contributed by atoms with Crippen molar-refractivity contribution < 1.29 is 0 Å². The zero-order valence-electron chi connectivity index (χ0n) is 8.92. The molecule has 1 aromatic carbocycles. The fourth-order valence-electron chi connectivity index (χ4n) is 2.16. The Balaban J connectivity index is 2.04. The van der Waals surface area contributed by atoms with Crippen molar-refractivity contribution in [3.8, 4) is 6.07 Å². The molecule has 0 spiro atoms. The van der Waals surface area contributed by atoms with Crippen LogP contribution in [-0.2, 0) is 19.4 Å². The first-order chi connectivity index (χ1) is 7.40. The van der Waals surface area contributed by atoms with Crippen LogP contribution >= 0.6 is 0 Å². The number of hydrogen-bond acceptors (Lipinski definition) is 2. The monoisotopic (exact) mass is 200 g/mol. The van der Waals surface area contributed by atoms with Crippen LogP contribution in [0.25, 0.3) is 0 Å². The molecule has 0 aromatic heterocycles. The predicted molar refractivity (Wildman–Crippen MR) is 60.4 cm³/mol. The van der Waals surface area contributed by atoms with Gasteiger partial charge in [0.05, 0.1) is 12.6 Å². The average molecular weight is 200 g/mol. The number of aryl methyl sites for hydroxylation is 2. The van der Waals surface area contributed by atoms with Crippen molar-refractivity contribution in [1.82, 2.24) is 5.32 Å². The smallest absolute Gasteiger partial charge is 0.0843 e. The first kappa shape index (κ1) is 10.2. The van der Waals surface area contributed by atoms with E-state index in [9.17, 15) is 0 Å². The zero-order chi connectivity index (χ0) is 10.5. The van der Waals surface area contributed by atoms with Crippen molar-refractivity contribution in [3.63, 3.8) is 0 Å². The lowest BCUT2D eigenvalue weighted by atomic mass is 9.90. The fraction of sp³-hybridized carbons (Fsp3) is 0.462. The third kappa shape index (κ3) is 2.57. The minimum atomic E-state index is 0.428. The summed E-state index contributed by atoms with van der Waals surface area (Å²) in [5.41, 5.74) is 4.33. The summed E-state index contributed by atoms with van der Waals surface area (Å²) in [6, 6.07) is 8.80. The summed E-state index contributed by atoms with van der Waals surface area (Å²) < 4.78 is 0. The van der Waals surface area contributed by atoms with Gasteiger partial charge in [0.1, 0.15) is 0 Å². The summed E-state index contributed by atoms with van der Waals surface area (Å²) >= 11 is 0. The third-order valence-corrected chi connectivity index (χ3v) is 2.95. The molecular formula is C13H16N2. The van der Waals surface area contributed by atoms with Crippen LogP contribution in [0, 0.1) is 11.3 Å². The van der Waals surface area contributed by atoms with Gasteiger partial charge in [-0.2, -0.15) is 5.26 Å². The number of nitriles is 1. The number of benzene rings is 1. The molecule has 1 aromatic rings. The fourth-order valence-corrected chi connectivity index (χ4v) is 2.16. The van der Waals surface area contributed by atoms with Crippen LogP contribution in [0.3, 0.4) is 0 Å². The van der Waals surface area contributed by atoms with Gasteiger partial charge in [-0.1, -0.05) is 18.2 Å². The molecule has 0 unspecified atom stereocenters. The van der Waals surface area contributed by atoms with Crippen LogP contribution < -0.4 is 5.32 Å². The highest BCUT2D eigenvalue weighted by Gasteiger charge is 2.08. The van der Waals surface area contributed by atoms with Crippen LogP contribution in [0.5, 0.6) is 0 Å². The van der Waals surface area contributed by atoms with E-state index in [0.717, 1.165) is 6.54 Å². The molecule has 1 aliphatic rings. The van der Waals surface area contributed by atoms with E-state index in [1.54, 1.807) is 0 Å². The highest BCUT2D eigenvalue weighted by atomic mass is 14.8. The predicted octanol–water partition coefficient (Wildman–Crippen LogP) is 2.18. The molecule has 2 heteroatoms. The Morgan fingerprint density at radius 2 is 2.00 bits per heavy atom. The summed E-state index contributed by atoms with van der Waals surface area (Å²) in [5, 5.41) is 11.5. The minimum Gasteiger partial charge on any atom is -0.300 e. The molecule has 1 N–H and O–H groups in total. The van der Waals surface area contributed by atoms with Gasteiger partial charge < -0.3 is 5.32 Å². The third-order valence-electron chi connectivity index (χ3n) is 2.95. The number of hydrogen-bond donors (Lipinski definition) is 1. The van der Waals surface area contributed by atoms with Gasteiger partial charge in [0.2, 0.25) is 0 Å². The maximum Gasteiger partial charge on any atom is 0.0843 e. The van der Waals surface area contributed by atoms with Gasteiger partial charge in [-0.25, -0.2) is 0 Å². The van der Waals surface area contributed by atoms with E-state index >= 15 is 0 Å². The Hall–Kier alpha value is -1.33. The molecule has 0 bridgehead atoms. The molecule has 0 amide bonds. The normalized spacial score (nSPS) is 14.3. The van der Waals surface area contributed by atoms with E-state index < -0.39 is 0 Å². The van der Waals surface area contributed by atoms with Gasteiger partial charge in [0, 0.05) is 6.54 Å². The van der Waals surface area contributed by atoms with Gasteiger partial charge in [-0.3, -0.25) is 0 Å². The Morgan fingerprint density at radius 3 is 2.80 bits per heavy atom.